The molecule has 128 valence electrons. The smallest absolute Gasteiger partial charge is 0.235 e. The summed E-state index contributed by atoms with van der Waals surface area (Å²) in [5, 5.41) is 2.48. The van der Waals surface area contributed by atoms with E-state index in [1.807, 2.05) is 32.9 Å². The highest BCUT2D eigenvalue weighted by Gasteiger charge is 2.31. The van der Waals surface area contributed by atoms with Crippen molar-refractivity contribution < 1.29 is 13.2 Å². The van der Waals surface area contributed by atoms with Crippen molar-refractivity contribution in [3.63, 3.8) is 0 Å². The summed E-state index contributed by atoms with van der Waals surface area (Å²) in [6.07, 6.45) is 3.30. The molecule has 0 radical (unpaired) electrons. The highest BCUT2D eigenvalue weighted by molar-refractivity contribution is 7.92. The van der Waals surface area contributed by atoms with Gasteiger partial charge in [-0.25, -0.2) is 8.42 Å². The summed E-state index contributed by atoms with van der Waals surface area (Å²) in [6.45, 7) is 6.55. The van der Waals surface area contributed by atoms with Gasteiger partial charge in [-0.1, -0.05) is 56.5 Å². The van der Waals surface area contributed by atoms with Crippen LogP contribution in [0.5, 0.6) is 0 Å². The fourth-order valence-electron chi connectivity index (χ4n) is 3.03. The lowest BCUT2D eigenvalue weighted by Crippen LogP contribution is -2.40. The van der Waals surface area contributed by atoms with Gasteiger partial charge in [-0.2, -0.15) is 0 Å². The van der Waals surface area contributed by atoms with E-state index < -0.39 is 15.7 Å². The molecule has 4 nitrogen and oxygen atoms in total. The number of hydrogen-bond acceptors (Lipinski definition) is 3. The number of hydrogen-bond donors (Lipinski definition) is 1. The molecule has 0 heterocycles. The van der Waals surface area contributed by atoms with Gasteiger partial charge in [0.1, 0.15) is 5.75 Å². The molecule has 1 aromatic carbocycles. The molecule has 0 spiro atoms. The lowest BCUT2D eigenvalue weighted by atomic mass is 9.84. The van der Waals surface area contributed by atoms with E-state index in [1.165, 1.54) is 5.56 Å². The molecule has 0 atom stereocenters. The highest BCUT2D eigenvalue weighted by atomic mass is 32.2. The maximum absolute atomic E-state index is 12.2. The maximum atomic E-state index is 12.2. The minimum Gasteiger partial charge on any atom is -0.354 e. The Morgan fingerprint density at radius 2 is 1.74 bits per heavy atom. The van der Waals surface area contributed by atoms with Crippen LogP contribution in [-0.2, 0) is 20.0 Å². The molecule has 0 unspecified atom stereocenters. The van der Waals surface area contributed by atoms with E-state index in [0.29, 0.717) is 19.4 Å². The molecule has 0 aliphatic heterocycles. The van der Waals surface area contributed by atoms with Crippen molar-refractivity contribution in [2.45, 2.75) is 57.1 Å². The average molecular weight is 337 g/mol. The van der Waals surface area contributed by atoms with Gasteiger partial charge in [-0.15, -0.1) is 0 Å². The molecule has 2 rings (SSSR count). The van der Waals surface area contributed by atoms with E-state index in [-0.39, 0.29) is 16.4 Å². The molecule has 5 heteroatoms. The van der Waals surface area contributed by atoms with Crippen molar-refractivity contribution >= 4 is 15.7 Å². The Kier molecular flexibility index (Phi) is 5.50. The van der Waals surface area contributed by atoms with Gasteiger partial charge >= 0.3 is 0 Å². The van der Waals surface area contributed by atoms with Crippen LogP contribution in [0.1, 0.15) is 50.7 Å². The third-order valence-electron chi connectivity index (χ3n) is 4.70. The van der Waals surface area contributed by atoms with Gasteiger partial charge < -0.3 is 5.32 Å². The Hall–Kier alpha value is -1.36. The van der Waals surface area contributed by atoms with E-state index in [1.54, 1.807) is 0 Å². The molecule has 1 N–H and O–H groups in total. The van der Waals surface area contributed by atoms with E-state index in [2.05, 4.69) is 17.4 Å². The summed E-state index contributed by atoms with van der Waals surface area (Å²) in [6, 6.07) is 8.19. The Balaban J connectivity index is 1.91. The maximum Gasteiger partial charge on any atom is 0.235 e. The molecule has 1 aliphatic rings. The monoisotopic (exact) mass is 337 g/mol. The second-order valence-corrected chi connectivity index (χ2v) is 9.52. The first-order valence-corrected chi connectivity index (χ1v) is 9.98. The molecule has 1 aliphatic carbocycles. The van der Waals surface area contributed by atoms with Gasteiger partial charge in [0.25, 0.3) is 0 Å². The van der Waals surface area contributed by atoms with Crippen LogP contribution in [0.15, 0.2) is 24.3 Å². The zero-order chi connectivity index (χ0) is 17.1. The van der Waals surface area contributed by atoms with Crippen LogP contribution in [0.3, 0.4) is 0 Å². The number of aryl methyl sites for hydroxylation is 1. The third-order valence-corrected chi connectivity index (χ3v) is 6.85. The minimum atomic E-state index is -3.31. The molecule has 1 aromatic rings. The van der Waals surface area contributed by atoms with E-state index in [0.717, 1.165) is 18.4 Å². The fourth-order valence-corrected chi connectivity index (χ4v) is 4.78. The highest BCUT2D eigenvalue weighted by Crippen LogP contribution is 2.25. The summed E-state index contributed by atoms with van der Waals surface area (Å²) in [5.74, 6) is -0.779. The quantitative estimate of drug-likeness (QED) is 0.868. The van der Waals surface area contributed by atoms with Gasteiger partial charge in [0.2, 0.25) is 5.91 Å². The molecule has 1 saturated carbocycles. The van der Waals surface area contributed by atoms with Crippen molar-refractivity contribution in [1.29, 1.82) is 0 Å². The predicted molar refractivity (Wildman–Crippen MR) is 93.3 cm³/mol. The zero-order valence-electron chi connectivity index (χ0n) is 14.3. The normalized spacial score (nSPS) is 16.5. The molecular weight excluding hydrogens is 310 g/mol. The third kappa shape index (κ3) is 4.80. The van der Waals surface area contributed by atoms with Crippen LogP contribution in [0, 0.1) is 6.92 Å². The average Bonchev–Trinajstić information content (AvgIpc) is 3.00. The first kappa shape index (κ1) is 18.0. The first-order valence-electron chi connectivity index (χ1n) is 8.26. The zero-order valence-corrected chi connectivity index (χ0v) is 15.1. The Labute approximate surface area is 139 Å². The predicted octanol–water partition coefficient (Wildman–Crippen LogP) is 2.75. The van der Waals surface area contributed by atoms with Gasteiger partial charge in [0, 0.05) is 12.0 Å². The standard InChI is InChI=1S/C18H27NO3S/c1-14-8-10-15(11-9-14)18(2,3)13-19-17(20)12-23(21,22)16-6-4-5-7-16/h8-11,16H,4-7,12-13H2,1-3H3,(H,19,20). The lowest BCUT2D eigenvalue weighted by Gasteiger charge is -2.26. The summed E-state index contributed by atoms with van der Waals surface area (Å²) >= 11 is 0. The first-order chi connectivity index (χ1) is 10.7. The van der Waals surface area contributed by atoms with Crippen molar-refractivity contribution in [2.24, 2.45) is 0 Å². The van der Waals surface area contributed by atoms with Gasteiger partial charge in [-0.3, -0.25) is 4.79 Å². The van der Waals surface area contributed by atoms with Crippen LogP contribution in [0.2, 0.25) is 0 Å². The molecule has 0 bridgehead atoms. The number of nitrogens with one attached hydrogen (secondary N) is 1. The summed E-state index contributed by atoms with van der Waals surface area (Å²) < 4.78 is 24.4. The van der Waals surface area contributed by atoms with Crippen LogP contribution in [0.25, 0.3) is 0 Å². The summed E-state index contributed by atoms with van der Waals surface area (Å²) in [5.41, 5.74) is 2.08. The number of sulfone groups is 1. The number of rotatable bonds is 6. The number of carbonyl (C=O) groups is 1. The van der Waals surface area contributed by atoms with Crippen molar-refractivity contribution in [3.8, 4) is 0 Å². The molecular formula is C18H27NO3S. The van der Waals surface area contributed by atoms with E-state index in [4.69, 9.17) is 0 Å². The molecule has 0 saturated heterocycles. The Morgan fingerprint density at radius 1 is 1.17 bits per heavy atom. The van der Waals surface area contributed by atoms with Gasteiger partial charge in [-0.05, 0) is 25.3 Å². The second kappa shape index (κ2) is 7.04. The summed E-state index contributed by atoms with van der Waals surface area (Å²) in [4.78, 5) is 12.1. The Bertz CT molecular complexity index is 641. The molecule has 23 heavy (non-hydrogen) atoms. The van der Waals surface area contributed by atoms with Crippen molar-refractivity contribution in [2.75, 3.05) is 12.3 Å². The van der Waals surface area contributed by atoms with Crippen molar-refractivity contribution in [3.05, 3.63) is 35.4 Å². The van der Waals surface area contributed by atoms with Crippen LogP contribution < -0.4 is 5.32 Å². The Morgan fingerprint density at radius 3 is 2.30 bits per heavy atom. The molecule has 0 aromatic heterocycles. The number of benzene rings is 1. The minimum absolute atomic E-state index is 0.236. The summed E-state index contributed by atoms with van der Waals surface area (Å²) in [7, 11) is -3.31. The SMILES string of the molecule is Cc1ccc(C(C)(C)CNC(=O)CS(=O)(=O)C2CCCC2)cc1. The van der Waals surface area contributed by atoms with Crippen LogP contribution in [-0.4, -0.2) is 31.9 Å². The van der Waals surface area contributed by atoms with E-state index in [9.17, 15) is 13.2 Å². The fraction of sp³-hybridized carbons (Fsp3) is 0.611. The number of amides is 1. The van der Waals surface area contributed by atoms with Crippen LogP contribution >= 0.6 is 0 Å². The topological polar surface area (TPSA) is 63.2 Å². The van der Waals surface area contributed by atoms with Crippen molar-refractivity contribution in [1.82, 2.24) is 5.32 Å². The van der Waals surface area contributed by atoms with Gasteiger partial charge in [0.05, 0.1) is 5.25 Å². The van der Waals surface area contributed by atoms with Gasteiger partial charge in [0.15, 0.2) is 9.84 Å². The van der Waals surface area contributed by atoms with Crippen LogP contribution in [0.4, 0.5) is 0 Å². The lowest BCUT2D eigenvalue weighted by molar-refractivity contribution is -0.118. The largest absolute Gasteiger partial charge is 0.354 e. The van der Waals surface area contributed by atoms with E-state index >= 15 is 0 Å². The molecule has 1 amide bonds. The second-order valence-electron chi connectivity index (χ2n) is 7.24. The molecule has 1 fully saturated rings. The number of carbonyl (C=O) groups excluding carboxylic acids is 1.